The number of carboxylic acid groups (broad SMARTS) is 1. The van der Waals surface area contributed by atoms with Crippen LogP contribution in [0.5, 0.6) is 0 Å². The van der Waals surface area contributed by atoms with Crippen molar-refractivity contribution < 1.29 is 14.5 Å². The van der Waals surface area contributed by atoms with Crippen molar-refractivity contribution in [3.8, 4) is 0 Å². The fourth-order valence-electron chi connectivity index (χ4n) is 2.39. The van der Waals surface area contributed by atoms with Crippen molar-refractivity contribution in [1.29, 1.82) is 0 Å². The number of hydrogen-bond donors (Lipinski definition) is 1. The van der Waals surface area contributed by atoms with Crippen molar-refractivity contribution in [2.75, 3.05) is 0 Å². The van der Waals surface area contributed by atoms with Gasteiger partial charge < -0.3 is 5.11 Å². The van der Waals surface area contributed by atoms with E-state index in [1.807, 2.05) is 12.1 Å². The highest BCUT2D eigenvalue weighted by Crippen LogP contribution is 2.06. The number of aromatic carboxylic acids is 1. The zero-order valence-electron chi connectivity index (χ0n) is 12.0. The van der Waals surface area contributed by atoms with Gasteiger partial charge >= 0.3 is 5.97 Å². The van der Waals surface area contributed by atoms with E-state index in [2.05, 4.69) is 35.4 Å². The number of nitrogens with zero attached hydrogens (tertiary/aromatic N) is 2. The van der Waals surface area contributed by atoms with Crippen molar-refractivity contribution in [1.82, 2.24) is 4.57 Å². The van der Waals surface area contributed by atoms with Gasteiger partial charge in [0.1, 0.15) is 18.9 Å². The molecule has 1 N–H and O–H groups in total. The standard InChI is InChI=1S/C16H20N2O2/c1-3-5-15-17(4-2)10-11-18(15)12-13-6-8-14(9-7-13)16(19)20/h6-11H,3-5,12H2,1-2H3/p+1. The van der Waals surface area contributed by atoms with Gasteiger partial charge in [-0.25, -0.2) is 13.9 Å². The Kier molecular flexibility index (Phi) is 4.56. The van der Waals surface area contributed by atoms with Gasteiger partial charge in [-0.3, -0.25) is 0 Å². The zero-order valence-corrected chi connectivity index (χ0v) is 12.0. The van der Waals surface area contributed by atoms with Crippen molar-refractivity contribution in [3.63, 3.8) is 0 Å². The molecule has 0 radical (unpaired) electrons. The quantitative estimate of drug-likeness (QED) is 0.822. The number of carboxylic acids is 1. The Morgan fingerprint density at radius 3 is 2.50 bits per heavy atom. The monoisotopic (exact) mass is 273 g/mol. The Morgan fingerprint density at radius 1 is 1.25 bits per heavy atom. The van der Waals surface area contributed by atoms with Gasteiger partial charge in [0.15, 0.2) is 0 Å². The maximum Gasteiger partial charge on any atom is 0.335 e. The molecule has 1 heterocycles. The smallest absolute Gasteiger partial charge is 0.335 e. The zero-order chi connectivity index (χ0) is 14.5. The molecule has 0 aliphatic rings. The first-order valence-electron chi connectivity index (χ1n) is 7.05. The minimum atomic E-state index is -0.881. The van der Waals surface area contributed by atoms with Crippen LogP contribution >= 0.6 is 0 Å². The second-order valence-corrected chi connectivity index (χ2v) is 4.88. The summed E-state index contributed by atoms with van der Waals surface area (Å²) in [6.45, 7) is 6.08. The van der Waals surface area contributed by atoms with Crippen LogP contribution in [-0.2, 0) is 19.5 Å². The van der Waals surface area contributed by atoms with E-state index in [1.165, 1.54) is 5.82 Å². The second kappa shape index (κ2) is 6.37. The van der Waals surface area contributed by atoms with Gasteiger partial charge in [0.25, 0.3) is 5.82 Å². The number of rotatable bonds is 6. The van der Waals surface area contributed by atoms with Crippen molar-refractivity contribution in [3.05, 3.63) is 53.6 Å². The topological polar surface area (TPSA) is 46.1 Å². The van der Waals surface area contributed by atoms with Crippen LogP contribution in [0.4, 0.5) is 0 Å². The molecule has 106 valence electrons. The summed E-state index contributed by atoms with van der Waals surface area (Å²) in [7, 11) is 0. The molecule has 0 unspecified atom stereocenters. The van der Waals surface area contributed by atoms with Crippen molar-refractivity contribution in [2.45, 2.75) is 39.8 Å². The summed E-state index contributed by atoms with van der Waals surface area (Å²) < 4.78 is 4.50. The Morgan fingerprint density at radius 2 is 1.95 bits per heavy atom. The van der Waals surface area contributed by atoms with Crippen LogP contribution in [0, 0.1) is 0 Å². The first-order valence-corrected chi connectivity index (χ1v) is 7.05. The van der Waals surface area contributed by atoms with E-state index in [0.717, 1.165) is 31.5 Å². The van der Waals surface area contributed by atoms with Crippen molar-refractivity contribution >= 4 is 5.97 Å². The predicted molar refractivity (Wildman–Crippen MR) is 76.8 cm³/mol. The average molecular weight is 273 g/mol. The summed E-state index contributed by atoms with van der Waals surface area (Å²) >= 11 is 0. The Balaban J connectivity index is 2.21. The molecule has 20 heavy (non-hydrogen) atoms. The molecule has 1 aromatic carbocycles. The fourth-order valence-corrected chi connectivity index (χ4v) is 2.39. The predicted octanol–water partition coefficient (Wildman–Crippen LogP) is 2.49. The third-order valence-corrected chi connectivity index (χ3v) is 3.46. The van der Waals surface area contributed by atoms with E-state index < -0.39 is 5.97 Å². The molecule has 0 saturated heterocycles. The van der Waals surface area contributed by atoms with Gasteiger partial charge in [-0.2, -0.15) is 0 Å². The molecule has 4 nitrogen and oxygen atoms in total. The lowest BCUT2D eigenvalue weighted by molar-refractivity contribution is -0.695. The number of hydrogen-bond acceptors (Lipinski definition) is 1. The van der Waals surface area contributed by atoms with Gasteiger partial charge in [0.05, 0.1) is 12.1 Å². The summed E-state index contributed by atoms with van der Waals surface area (Å²) in [5, 5.41) is 8.91. The summed E-state index contributed by atoms with van der Waals surface area (Å²) in [6.07, 6.45) is 6.37. The van der Waals surface area contributed by atoms with Crippen LogP contribution in [0.3, 0.4) is 0 Å². The van der Waals surface area contributed by atoms with Gasteiger partial charge in [-0.05, 0) is 31.0 Å². The summed E-state index contributed by atoms with van der Waals surface area (Å²) in [4.78, 5) is 10.8. The first kappa shape index (κ1) is 14.3. The molecule has 0 atom stereocenters. The molecular formula is C16H21N2O2+. The van der Waals surface area contributed by atoms with Crippen LogP contribution in [0.25, 0.3) is 0 Å². The number of aromatic nitrogens is 2. The van der Waals surface area contributed by atoms with Crippen molar-refractivity contribution in [2.24, 2.45) is 0 Å². The normalized spacial score (nSPS) is 10.7. The van der Waals surface area contributed by atoms with Crippen LogP contribution in [0.1, 0.15) is 42.0 Å². The van der Waals surface area contributed by atoms with Gasteiger partial charge in [-0.15, -0.1) is 0 Å². The van der Waals surface area contributed by atoms with Crippen LogP contribution in [0.15, 0.2) is 36.7 Å². The summed E-state index contributed by atoms with van der Waals surface area (Å²) in [6, 6.07) is 7.09. The molecule has 0 amide bonds. The second-order valence-electron chi connectivity index (χ2n) is 4.88. The van der Waals surface area contributed by atoms with Crippen LogP contribution in [0.2, 0.25) is 0 Å². The molecule has 2 rings (SSSR count). The minimum Gasteiger partial charge on any atom is -0.478 e. The highest BCUT2D eigenvalue weighted by molar-refractivity contribution is 5.87. The highest BCUT2D eigenvalue weighted by atomic mass is 16.4. The van der Waals surface area contributed by atoms with E-state index in [9.17, 15) is 4.79 Å². The molecule has 0 saturated carbocycles. The Labute approximate surface area is 119 Å². The molecule has 4 heteroatoms. The molecule has 2 aromatic rings. The molecular weight excluding hydrogens is 252 g/mol. The van der Waals surface area contributed by atoms with Gasteiger partial charge in [0.2, 0.25) is 0 Å². The SMILES string of the molecule is CCCc1n(CC)cc[n+]1Cc1ccc(C(=O)O)cc1. The maximum absolute atomic E-state index is 10.8. The van der Waals surface area contributed by atoms with E-state index in [-0.39, 0.29) is 0 Å². The molecule has 0 bridgehead atoms. The maximum atomic E-state index is 10.8. The molecule has 0 aliphatic carbocycles. The largest absolute Gasteiger partial charge is 0.478 e. The summed E-state index contributed by atoms with van der Waals surface area (Å²) in [5.74, 6) is 0.435. The van der Waals surface area contributed by atoms with E-state index in [1.54, 1.807) is 12.1 Å². The summed E-state index contributed by atoms with van der Waals surface area (Å²) in [5.41, 5.74) is 1.45. The third-order valence-electron chi connectivity index (χ3n) is 3.46. The third kappa shape index (κ3) is 3.07. The Hall–Kier alpha value is -2.10. The van der Waals surface area contributed by atoms with Gasteiger partial charge in [-0.1, -0.05) is 19.1 Å². The lowest BCUT2D eigenvalue weighted by atomic mass is 10.1. The highest BCUT2D eigenvalue weighted by Gasteiger charge is 2.15. The number of aryl methyl sites for hydroxylation is 1. The van der Waals surface area contributed by atoms with E-state index >= 15 is 0 Å². The van der Waals surface area contributed by atoms with E-state index in [0.29, 0.717) is 5.56 Å². The average Bonchev–Trinajstić information content (AvgIpc) is 2.82. The molecule has 1 aromatic heterocycles. The number of carbonyl (C=O) groups is 1. The van der Waals surface area contributed by atoms with Gasteiger partial charge in [0, 0.05) is 6.42 Å². The number of benzene rings is 1. The lowest BCUT2D eigenvalue weighted by Gasteiger charge is -2.04. The lowest BCUT2D eigenvalue weighted by Crippen LogP contribution is -2.37. The van der Waals surface area contributed by atoms with Crippen LogP contribution in [-0.4, -0.2) is 15.6 Å². The van der Waals surface area contributed by atoms with E-state index in [4.69, 9.17) is 5.11 Å². The first-order chi connectivity index (χ1) is 9.65. The van der Waals surface area contributed by atoms with Crippen LogP contribution < -0.4 is 4.57 Å². The molecule has 0 aliphatic heterocycles. The number of imidazole rings is 1. The minimum absolute atomic E-state index is 0.332. The molecule has 0 spiro atoms. The molecule has 0 fully saturated rings. The fraction of sp³-hybridized carbons (Fsp3) is 0.375. The Bertz CT molecular complexity index is 585.